The average Bonchev–Trinajstić information content (AvgIpc) is 2.56. The van der Waals surface area contributed by atoms with Gasteiger partial charge in [0.1, 0.15) is 6.10 Å². The van der Waals surface area contributed by atoms with Crippen LogP contribution in [-0.4, -0.2) is 36.1 Å². The summed E-state index contributed by atoms with van der Waals surface area (Å²) in [6.07, 6.45) is 16.8. The first kappa shape index (κ1) is 22.9. The molecule has 0 saturated heterocycles. The maximum atomic E-state index is 9.12. The molecule has 0 radical (unpaired) electrons. The van der Waals surface area contributed by atoms with E-state index in [9.17, 15) is 0 Å². The Morgan fingerprint density at radius 1 is 0.783 bits per heavy atom. The van der Waals surface area contributed by atoms with Gasteiger partial charge in [-0.15, -0.1) is 0 Å². The van der Waals surface area contributed by atoms with Crippen LogP contribution < -0.4 is 0 Å². The van der Waals surface area contributed by atoms with Crippen molar-refractivity contribution in [1.29, 1.82) is 0 Å². The van der Waals surface area contributed by atoms with Crippen LogP contribution in [0.4, 0.5) is 0 Å². The fourth-order valence-corrected chi connectivity index (χ4v) is 2.92. The Morgan fingerprint density at radius 3 is 1.87 bits per heavy atom. The molecule has 0 aromatic rings. The van der Waals surface area contributed by atoms with E-state index in [1.807, 2.05) is 0 Å². The Hall–Kier alpha value is -0.120. The summed E-state index contributed by atoms with van der Waals surface area (Å²) in [6.45, 7) is 5.44. The number of aliphatic hydroxyl groups excluding tert-OH is 2. The highest BCUT2D eigenvalue weighted by atomic mass is 16.5. The first-order valence-corrected chi connectivity index (χ1v) is 10.1. The maximum absolute atomic E-state index is 9.12. The Labute approximate surface area is 144 Å². The number of rotatable bonds is 18. The molecule has 0 heterocycles. The lowest BCUT2D eigenvalue weighted by molar-refractivity contribution is 0.00526. The zero-order valence-corrected chi connectivity index (χ0v) is 15.8. The van der Waals surface area contributed by atoms with Gasteiger partial charge in [0, 0.05) is 6.61 Å². The van der Waals surface area contributed by atoms with Crippen molar-refractivity contribution in [2.24, 2.45) is 5.92 Å². The second kappa shape index (κ2) is 18.2. The van der Waals surface area contributed by atoms with Gasteiger partial charge in [0.15, 0.2) is 0 Å². The number of ether oxygens (including phenoxy) is 1. The van der Waals surface area contributed by atoms with E-state index in [1.54, 1.807) is 0 Å². The third-order valence-electron chi connectivity index (χ3n) is 4.56. The molecule has 0 aromatic carbocycles. The lowest BCUT2D eigenvalue weighted by Crippen LogP contribution is -2.19. The summed E-state index contributed by atoms with van der Waals surface area (Å²) in [5.41, 5.74) is 0. The standard InChI is InChI=1S/C20H42O3/c1-3-4-5-11-14-19(2)15-12-9-7-6-8-10-13-16-23-18-20(22)17-21/h19-22H,3-18H2,1-2H3/t19?,20-/m0/s1. The van der Waals surface area contributed by atoms with Crippen molar-refractivity contribution < 1.29 is 14.9 Å². The molecule has 0 rings (SSSR count). The minimum Gasteiger partial charge on any atom is -0.394 e. The molecule has 1 unspecified atom stereocenters. The first-order chi connectivity index (χ1) is 11.2. The molecule has 23 heavy (non-hydrogen) atoms. The summed E-state index contributed by atoms with van der Waals surface area (Å²) in [6, 6.07) is 0. The lowest BCUT2D eigenvalue weighted by Gasteiger charge is -2.11. The molecule has 140 valence electrons. The van der Waals surface area contributed by atoms with Crippen LogP contribution in [0.1, 0.15) is 97.3 Å². The van der Waals surface area contributed by atoms with Gasteiger partial charge < -0.3 is 14.9 Å². The molecule has 3 heteroatoms. The van der Waals surface area contributed by atoms with Crippen LogP contribution in [0.15, 0.2) is 0 Å². The maximum Gasteiger partial charge on any atom is 0.100 e. The van der Waals surface area contributed by atoms with Gasteiger partial charge in [-0.05, 0) is 12.3 Å². The smallest absolute Gasteiger partial charge is 0.100 e. The zero-order chi connectivity index (χ0) is 17.2. The van der Waals surface area contributed by atoms with Gasteiger partial charge in [0.05, 0.1) is 13.2 Å². The zero-order valence-electron chi connectivity index (χ0n) is 15.8. The van der Waals surface area contributed by atoms with Crippen molar-refractivity contribution in [3.8, 4) is 0 Å². The van der Waals surface area contributed by atoms with Crippen molar-refractivity contribution in [3.05, 3.63) is 0 Å². The summed E-state index contributed by atoms with van der Waals surface area (Å²) in [5.74, 6) is 0.915. The Bertz CT molecular complexity index is 221. The molecule has 0 aliphatic rings. The Morgan fingerprint density at radius 2 is 1.30 bits per heavy atom. The lowest BCUT2D eigenvalue weighted by atomic mass is 9.96. The van der Waals surface area contributed by atoms with E-state index in [4.69, 9.17) is 14.9 Å². The van der Waals surface area contributed by atoms with E-state index in [0.717, 1.165) is 12.3 Å². The van der Waals surface area contributed by atoms with Gasteiger partial charge in [0.2, 0.25) is 0 Å². The van der Waals surface area contributed by atoms with Crippen LogP contribution in [0.25, 0.3) is 0 Å². The van der Waals surface area contributed by atoms with Gasteiger partial charge in [-0.1, -0.05) is 90.9 Å². The predicted molar refractivity (Wildman–Crippen MR) is 98.8 cm³/mol. The number of hydrogen-bond donors (Lipinski definition) is 2. The van der Waals surface area contributed by atoms with Crippen LogP contribution in [0.3, 0.4) is 0 Å². The monoisotopic (exact) mass is 330 g/mol. The van der Waals surface area contributed by atoms with E-state index in [-0.39, 0.29) is 13.2 Å². The molecular formula is C20H42O3. The number of unbranched alkanes of at least 4 members (excludes halogenated alkanes) is 9. The molecule has 0 aliphatic carbocycles. The summed E-state index contributed by atoms with van der Waals surface area (Å²) >= 11 is 0. The minimum absolute atomic E-state index is 0.211. The molecule has 0 spiro atoms. The molecule has 0 amide bonds. The van der Waals surface area contributed by atoms with Crippen molar-refractivity contribution in [2.75, 3.05) is 19.8 Å². The molecular weight excluding hydrogens is 288 g/mol. The van der Waals surface area contributed by atoms with Crippen LogP contribution >= 0.6 is 0 Å². The average molecular weight is 331 g/mol. The van der Waals surface area contributed by atoms with Crippen molar-refractivity contribution in [2.45, 2.75) is 103 Å². The molecule has 0 saturated carbocycles. The fourth-order valence-electron chi connectivity index (χ4n) is 2.92. The van der Waals surface area contributed by atoms with Gasteiger partial charge in [-0.25, -0.2) is 0 Å². The quantitative estimate of drug-likeness (QED) is 0.344. The molecule has 3 nitrogen and oxygen atoms in total. The van der Waals surface area contributed by atoms with Crippen LogP contribution in [-0.2, 0) is 4.74 Å². The molecule has 0 aromatic heterocycles. The highest BCUT2D eigenvalue weighted by Gasteiger charge is 2.02. The number of hydrogen-bond acceptors (Lipinski definition) is 3. The summed E-state index contributed by atoms with van der Waals surface area (Å²) < 4.78 is 5.30. The third-order valence-corrected chi connectivity index (χ3v) is 4.56. The van der Waals surface area contributed by atoms with Gasteiger partial charge in [0.25, 0.3) is 0 Å². The summed E-state index contributed by atoms with van der Waals surface area (Å²) in [7, 11) is 0. The SMILES string of the molecule is CCCCCCC(C)CCCCCCCCCOC[C@@H](O)CO. The normalized spacial score (nSPS) is 14.1. The van der Waals surface area contributed by atoms with Gasteiger partial charge >= 0.3 is 0 Å². The number of aliphatic hydroxyl groups is 2. The first-order valence-electron chi connectivity index (χ1n) is 10.1. The molecule has 0 aliphatic heterocycles. The Kier molecular flexibility index (Phi) is 18.1. The Balaban J connectivity index is 3.12. The molecule has 2 atom stereocenters. The third kappa shape index (κ3) is 18.1. The minimum atomic E-state index is -0.718. The second-order valence-corrected chi connectivity index (χ2v) is 7.13. The summed E-state index contributed by atoms with van der Waals surface area (Å²) in [5, 5.41) is 17.8. The fraction of sp³-hybridized carbons (Fsp3) is 1.00. The van der Waals surface area contributed by atoms with Crippen LogP contribution in [0.5, 0.6) is 0 Å². The molecule has 0 bridgehead atoms. The van der Waals surface area contributed by atoms with E-state index >= 15 is 0 Å². The summed E-state index contributed by atoms with van der Waals surface area (Å²) in [4.78, 5) is 0. The molecule has 2 N–H and O–H groups in total. The van der Waals surface area contributed by atoms with Crippen molar-refractivity contribution in [3.63, 3.8) is 0 Å². The van der Waals surface area contributed by atoms with Crippen molar-refractivity contribution in [1.82, 2.24) is 0 Å². The van der Waals surface area contributed by atoms with E-state index in [1.165, 1.54) is 77.0 Å². The van der Waals surface area contributed by atoms with Crippen molar-refractivity contribution >= 4 is 0 Å². The second-order valence-electron chi connectivity index (χ2n) is 7.13. The van der Waals surface area contributed by atoms with Gasteiger partial charge in [-0.3, -0.25) is 0 Å². The van der Waals surface area contributed by atoms with Crippen LogP contribution in [0, 0.1) is 5.92 Å². The highest BCUT2D eigenvalue weighted by molar-refractivity contribution is 4.55. The van der Waals surface area contributed by atoms with Gasteiger partial charge in [-0.2, -0.15) is 0 Å². The van der Waals surface area contributed by atoms with E-state index in [2.05, 4.69) is 13.8 Å². The van der Waals surface area contributed by atoms with E-state index < -0.39 is 6.10 Å². The topological polar surface area (TPSA) is 49.7 Å². The van der Waals surface area contributed by atoms with E-state index in [0.29, 0.717) is 6.61 Å². The predicted octanol–water partition coefficient (Wildman–Crippen LogP) is 5.08. The largest absolute Gasteiger partial charge is 0.394 e. The molecule has 0 fully saturated rings. The van der Waals surface area contributed by atoms with Crippen LogP contribution in [0.2, 0.25) is 0 Å². The highest BCUT2D eigenvalue weighted by Crippen LogP contribution is 2.18.